The molecule has 0 saturated carbocycles. The molecule has 0 bridgehead atoms. The van der Waals surface area contributed by atoms with Gasteiger partial charge in [-0.3, -0.25) is 0 Å². The second kappa shape index (κ2) is 7.21. The molecule has 120 valence electrons. The molecule has 0 saturated heterocycles. The van der Waals surface area contributed by atoms with Gasteiger partial charge in [0.1, 0.15) is 6.04 Å². The molecule has 0 aromatic heterocycles. The van der Waals surface area contributed by atoms with E-state index in [1.807, 2.05) is 30.3 Å². The van der Waals surface area contributed by atoms with Crippen molar-refractivity contribution in [3.05, 3.63) is 65.7 Å². The Bertz CT molecular complexity index is 660. The number of aliphatic hydroxyl groups is 1. The predicted octanol–water partition coefficient (Wildman–Crippen LogP) is 3.86. The third kappa shape index (κ3) is 4.05. The lowest BCUT2D eigenvalue weighted by molar-refractivity contribution is 0.0174. The number of halogens is 2. The molecule has 0 spiro atoms. The van der Waals surface area contributed by atoms with Crippen molar-refractivity contribution >= 4 is 5.69 Å². The molecular weight excluding hydrogens is 298 g/mol. The van der Waals surface area contributed by atoms with E-state index in [-0.39, 0.29) is 18.7 Å². The van der Waals surface area contributed by atoms with Gasteiger partial charge in [-0.25, -0.2) is 8.78 Å². The molecule has 23 heavy (non-hydrogen) atoms. The van der Waals surface area contributed by atoms with E-state index in [1.165, 1.54) is 24.3 Å². The topological polar surface area (TPSA) is 47.3 Å². The first-order valence-electron chi connectivity index (χ1n) is 7.28. The predicted molar refractivity (Wildman–Crippen MR) is 85.2 cm³/mol. The standard InChI is InChI=1S/C18H18F2N2O/c1-18(19,20)15-9-7-14(8-10-15)17(13-21)22(11-12-23)16-5-3-2-4-6-16/h2-10,17,23H,11-12H2,1H3. The molecule has 0 amide bonds. The summed E-state index contributed by atoms with van der Waals surface area (Å²) in [6, 6.07) is 16.5. The molecule has 0 aliphatic rings. The van der Waals surface area contributed by atoms with Crippen molar-refractivity contribution in [2.24, 2.45) is 0 Å². The van der Waals surface area contributed by atoms with Gasteiger partial charge < -0.3 is 10.0 Å². The summed E-state index contributed by atoms with van der Waals surface area (Å²) >= 11 is 0. The lowest BCUT2D eigenvalue weighted by Crippen LogP contribution is -2.30. The molecule has 0 fully saturated rings. The van der Waals surface area contributed by atoms with Gasteiger partial charge in [0.2, 0.25) is 0 Å². The van der Waals surface area contributed by atoms with E-state index in [1.54, 1.807) is 4.90 Å². The first-order valence-corrected chi connectivity index (χ1v) is 7.28. The highest BCUT2D eigenvalue weighted by Gasteiger charge is 2.25. The van der Waals surface area contributed by atoms with Gasteiger partial charge in [-0.15, -0.1) is 0 Å². The number of aliphatic hydroxyl groups excluding tert-OH is 1. The Morgan fingerprint density at radius 3 is 2.22 bits per heavy atom. The number of hydrogen-bond donors (Lipinski definition) is 1. The van der Waals surface area contributed by atoms with E-state index in [0.29, 0.717) is 5.56 Å². The SMILES string of the molecule is CC(F)(F)c1ccc(C(C#N)N(CCO)c2ccccc2)cc1. The Kier molecular flexibility index (Phi) is 5.30. The number of para-hydroxylation sites is 1. The van der Waals surface area contributed by atoms with Crippen molar-refractivity contribution in [3.63, 3.8) is 0 Å². The molecule has 0 aliphatic heterocycles. The summed E-state index contributed by atoms with van der Waals surface area (Å²) in [5, 5.41) is 18.8. The molecule has 2 aromatic rings. The number of anilines is 1. The Labute approximate surface area is 134 Å². The monoisotopic (exact) mass is 316 g/mol. The number of nitrogens with zero attached hydrogens (tertiary/aromatic N) is 2. The summed E-state index contributed by atoms with van der Waals surface area (Å²) in [5.74, 6) is -2.91. The van der Waals surface area contributed by atoms with Gasteiger partial charge in [-0.05, 0) is 17.7 Å². The van der Waals surface area contributed by atoms with Crippen LogP contribution in [-0.2, 0) is 5.92 Å². The highest BCUT2D eigenvalue weighted by atomic mass is 19.3. The second-order valence-corrected chi connectivity index (χ2v) is 5.29. The van der Waals surface area contributed by atoms with Gasteiger partial charge in [-0.2, -0.15) is 5.26 Å². The number of benzene rings is 2. The summed E-state index contributed by atoms with van der Waals surface area (Å²) in [4.78, 5) is 1.75. The highest BCUT2D eigenvalue weighted by Crippen LogP contribution is 2.30. The lowest BCUT2D eigenvalue weighted by Gasteiger charge is -2.29. The molecule has 0 heterocycles. The molecule has 3 nitrogen and oxygen atoms in total. The van der Waals surface area contributed by atoms with Crippen molar-refractivity contribution in [2.75, 3.05) is 18.1 Å². The molecule has 0 aliphatic carbocycles. The van der Waals surface area contributed by atoms with Crippen LogP contribution in [0.2, 0.25) is 0 Å². The fourth-order valence-electron chi connectivity index (χ4n) is 2.42. The molecule has 2 aromatic carbocycles. The van der Waals surface area contributed by atoms with Crippen LogP contribution in [0.1, 0.15) is 24.1 Å². The molecule has 1 atom stereocenters. The molecule has 5 heteroatoms. The maximum Gasteiger partial charge on any atom is 0.270 e. The van der Waals surface area contributed by atoms with Crippen molar-refractivity contribution < 1.29 is 13.9 Å². The van der Waals surface area contributed by atoms with E-state index in [9.17, 15) is 19.1 Å². The Morgan fingerprint density at radius 2 is 1.74 bits per heavy atom. The number of hydrogen-bond acceptors (Lipinski definition) is 3. The van der Waals surface area contributed by atoms with Gasteiger partial charge in [-0.1, -0.05) is 42.5 Å². The summed E-state index contributed by atoms with van der Waals surface area (Å²) in [6.45, 7) is 0.998. The molecule has 0 radical (unpaired) electrons. The minimum atomic E-state index is -2.91. The molecule has 2 rings (SSSR count). The molecule has 1 N–H and O–H groups in total. The third-order valence-corrected chi connectivity index (χ3v) is 3.60. The normalized spacial score (nSPS) is 12.5. The smallest absolute Gasteiger partial charge is 0.270 e. The van der Waals surface area contributed by atoms with Crippen LogP contribution in [0, 0.1) is 11.3 Å². The Balaban J connectivity index is 2.35. The van der Waals surface area contributed by atoms with Crippen LogP contribution >= 0.6 is 0 Å². The molecular formula is C18H18F2N2O. The summed E-state index contributed by atoms with van der Waals surface area (Å²) in [5.41, 5.74) is 1.31. The van der Waals surface area contributed by atoms with Gasteiger partial charge in [0.05, 0.1) is 12.7 Å². The third-order valence-electron chi connectivity index (χ3n) is 3.60. The van der Waals surface area contributed by atoms with Crippen LogP contribution in [0.25, 0.3) is 0 Å². The maximum atomic E-state index is 13.3. The average molecular weight is 316 g/mol. The van der Waals surface area contributed by atoms with Gasteiger partial charge in [0.15, 0.2) is 0 Å². The minimum Gasteiger partial charge on any atom is -0.395 e. The van der Waals surface area contributed by atoms with Crippen molar-refractivity contribution in [1.29, 1.82) is 5.26 Å². The van der Waals surface area contributed by atoms with E-state index >= 15 is 0 Å². The van der Waals surface area contributed by atoms with E-state index in [0.717, 1.165) is 12.6 Å². The van der Waals surface area contributed by atoms with Crippen LogP contribution in [0.3, 0.4) is 0 Å². The van der Waals surface area contributed by atoms with Gasteiger partial charge in [0, 0.05) is 24.7 Å². The first-order chi connectivity index (χ1) is 11.0. The first kappa shape index (κ1) is 16.9. The molecule has 1 unspecified atom stereocenters. The maximum absolute atomic E-state index is 13.3. The van der Waals surface area contributed by atoms with E-state index < -0.39 is 12.0 Å². The number of rotatable bonds is 6. The highest BCUT2D eigenvalue weighted by molar-refractivity contribution is 5.51. The summed E-state index contributed by atoms with van der Waals surface area (Å²) < 4.78 is 26.6. The lowest BCUT2D eigenvalue weighted by atomic mass is 10.0. The number of alkyl halides is 2. The zero-order valence-corrected chi connectivity index (χ0v) is 12.8. The van der Waals surface area contributed by atoms with Crippen LogP contribution in [0.5, 0.6) is 0 Å². The average Bonchev–Trinajstić information content (AvgIpc) is 2.55. The fraction of sp³-hybridized carbons (Fsp3) is 0.278. The Hall–Kier alpha value is -2.45. The second-order valence-electron chi connectivity index (χ2n) is 5.29. The summed E-state index contributed by atoms with van der Waals surface area (Å²) in [7, 11) is 0. The quantitative estimate of drug-likeness (QED) is 0.880. The van der Waals surface area contributed by atoms with Crippen LogP contribution in [-0.4, -0.2) is 18.3 Å². The van der Waals surface area contributed by atoms with Crippen LogP contribution in [0.4, 0.5) is 14.5 Å². The van der Waals surface area contributed by atoms with Crippen molar-refractivity contribution in [2.45, 2.75) is 18.9 Å². The van der Waals surface area contributed by atoms with Crippen LogP contribution in [0.15, 0.2) is 54.6 Å². The summed E-state index contributed by atoms with van der Waals surface area (Å²) in [6.07, 6.45) is 0. The van der Waals surface area contributed by atoms with E-state index in [2.05, 4.69) is 6.07 Å². The zero-order chi connectivity index (χ0) is 16.9. The van der Waals surface area contributed by atoms with Crippen molar-refractivity contribution in [1.82, 2.24) is 0 Å². The van der Waals surface area contributed by atoms with Crippen molar-refractivity contribution in [3.8, 4) is 6.07 Å². The van der Waals surface area contributed by atoms with Gasteiger partial charge in [0.25, 0.3) is 5.92 Å². The fourth-order valence-corrected chi connectivity index (χ4v) is 2.42. The Morgan fingerprint density at radius 1 is 1.13 bits per heavy atom. The van der Waals surface area contributed by atoms with E-state index in [4.69, 9.17) is 0 Å². The zero-order valence-electron chi connectivity index (χ0n) is 12.8. The largest absolute Gasteiger partial charge is 0.395 e. The van der Waals surface area contributed by atoms with Gasteiger partial charge >= 0.3 is 0 Å². The van der Waals surface area contributed by atoms with Crippen LogP contribution < -0.4 is 4.90 Å². The number of nitriles is 1. The minimum absolute atomic E-state index is 0.0913.